The van der Waals surface area contributed by atoms with Crippen LogP contribution in [0.15, 0.2) is 0 Å². The van der Waals surface area contributed by atoms with Crippen molar-refractivity contribution in [1.82, 2.24) is 15.1 Å². The zero-order valence-electron chi connectivity index (χ0n) is 12.4. The first-order valence-electron chi connectivity index (χ1n) is 7.58. The van der Waals surface area contributed by atoms with Crippen molar-refractivity contribution < 1.29 is 19.5 Å². The lowest BCUT2D eigenvalue weighted by Crippen LogP contribution is -2.55. The van der Waals surface area contributed by atoms with Crippen molar-refractivity contribution in [3.8, 4) is 0 Å². The molecule has 2 N–H and O–H groups in total. The predicted octanol–water partition coefficient (Wildman–Crippen LogP) is 0.504. The zero-order valence-corrected chi connectivity index (χ0v) is 12.4. The minimum Gasteiger partial charge on any atom is -0.481 e. The van der Waals surface area contributed by atoms with Crippen molar-refractivity contribution in [3.05, 3.63) is 0 Å². The molecule has 2 atom stereocenters. The Morgan fingerprint density at radius 3 is 2.86 bits per heavy atom. The van der Waals surface area contributed by atoms with E-state index in [-0.39, 0.29) is 24.5 Å². The molecule has 0 aromatic heterocycles. The third kappa shape index (κ3) is 3.65. The zero-order chi connectivity index (χ0) is 15.4. The Kier molecular flexibility index (Phi) is 5.03. The van der Waals surface area contributed by atoms with E-state index in [2.05, 4.69) is 5.32 Å². The van der Waals surface area contributed by atoms with E-state index in [4.69, 9.17) is 5.11 Å². The van der Waals surface area contributed by atoms with Gasteiger partial charge < -0.3 is 20.2 Å². The number of carboxylic acid groups (broad SMARTS) is 1. The van der Waals surface area contributed by atoms with Gasteiger partial charge in [-0.1, -0.05) is 13.3 Å². The number of aliphatic carboxylic acids is 1. The lowest BCUT2D eigenvalue weighted by atomic mass is 10.0. The summed E-state index contributed by atoms with van der Waals surface area (Å²) >= 11 is 0. The predicted molar refractivity (Wildman–Crippen MR) is 75.7 cm³/mol. The summed E-state index contributed by atoms with van der Waals surface area (Å²) < 4.78 is 0. The number of carbonyl (C=O) groups excluding carboxylic acids is 2. The molecule has 118 valence electrons. The van der Waals surface area contributed by atoms with Crippen molar-refractivity contribution in [2.75, 3.05) is 26.2 Å². The van der Waals surface area contributed by atoms with E-state index >= 15 is 0 Å². The van der Waals surface area contributed by atoms with Gasteiger partial charge in [0.25, 0.3) is 0 Å². The van der Waals surface area contributed by atoms with Gasteiger partial charge in [0.2, 0.25) is 5.91 Å². The third-order valence-electron chi connectivity index (χ3n) is 4.27. The molecule has 0 bridgehead atoms. The fraction of sp³-hybridized carbons (Fsp3) is 0.786. The normalized spacial score (nSPS) is 22.9. The Morgan fingerprint density at radius 2 is 2.19 bits per heavy atom. The Morgan fingerprint density at radius 1 is 1.43 bits per heavy atom. The molecule has 0 saturated carbocycles. The molecule has 2 unspecified atom stereocenters. The molecule has 0 radical (unpaired) electrons. The molecule has 2 heterocycles. The van der Waals surface area contributed by atoms with Crippen LogP contribution in [0.3, 0.4) is 0 Å². The first-order chi connectivity index (χ1) is 10.0. The highest BCUT2D eigenvalue weighted by molar-refractivity contribution is 5.80. The van der Waals surface area contributed by atoms with Gasteiger partial charge in [-0.15, -0.1) is 0 Å². The Bertz CT molecular complexity index is 426. The van der Waals surface area contributed by atoms with Gasteiger partial charge >= 0.3 is 12.0 Å². The van der Waals surface area contributed by atoms with Crippen LogP contribution in [0.5, 0.6) is 0 Å². The topological polar surface area (TPSA) is 90.0 Å². The Hall–Kier alpha value is -1.79. The molecule has 2 fully saturated rings. The quantitative estimate of drug-likeness (QED) is 0.773. The van der Waals surface area contributed by atoms with Crippen LogP contribution in [0.4, 0.5) is 4.79 Å². The summed E-state index contributed by atoms with van der Waals surface area (Å²) in [6.45, 7) is 3.72. The highest BCUT2D eigenvalue weighted by Crippen LogP contribution is 2.22. The molecule has 2 aliphatic heterocycles. The maximum absolute atomic E-state index is 12.1. The van der Waals surface area contributed by atoms with E-state index in [0.717, 1.165) is 12.8 Å². The van der Waals surface area contributed by atoms with Gasteiger partial charge in [0.1, 0.15) is 0 Å². The average Bonchev–Trinajstić information content (AvgIpc) is 2.83. The second kappa shape index (κ2) is 6.78. The van der Waals surface area contributed by atoms with Crippen molar-refractivity contribution >= 4 is 17.9 Å². The van der Waals surface area contributed by atoms with E-state index in [1.807, 2.05) is 11.8 Å². The molecule has 7 heteroatoms. The first kappa shape index (κ1) is 15.6. The molecule has 2 rings (SSSR count). The minimum absolute atomic E-state index is 0.128. The number of piperazine rings is 1. The molecule has 2 aliphatic rings. The summed E-state index contributed by atoms with van der Waals surface area (Å²) in [5, 5.41) is 11.8. The number of urea groups is 1. The van der Waals surface area contributed by atoms with Gasteiger partial charge in [-0.05, 0) is 12.8 Å². The van der Waals surface area contributed by atoms with E-state index in [1.165, 1.54) is 0 Å². The van der Waals surface area contributed by atoms with Crippen LogP contribution in [-0.2, 0) is 9.59 Å². The SMILES string of the molecule is CCCC(CNC(=O)N1CCN2C(=O)CCC2C1)C(=O)O. The van der Waals surface area contributed by atoms with Crippen molar-refractivity contribution in [1.29, 1.82) is 0 Å². The number of fused-ring (bicyclic) bond motifs is 1. The Labute approximate surface area is 124 Å². The molecule has 0 aromatic rings. The molecule has 3 amide bonds. The van der Waals surface area contributed by atoms with Crippen LogP contribution in [0.25, 0.3) is 0 Å². The number of nitrogens with zero attached hydrogens (tertiary/aromatic N) is 2. The highest BCUT2D eigenvalue weighted by Gasteiger charge is 2.36. The van der Waals surface area contributed by atoms with Gasteiger partial charge in [-0.2, -0.15) is 0 Å². The molecule has 0 spiro atoms. The fourth-order valence-corrected chi connectivity index (χ4v) is 3.03. The lowest BCUT2D eigenvalue weighted by Gasteiger charge is -2.37. The molecular weight excluding hydrogens is 274 g/mol. The van der Waals surface area contributed by atoms with E-state index < -0.39 is 11.9 Å². The largest absolute Gasteiger partial charge is 0.481 e. The van der Waals surface area contributed by atoms with Gasteiger partial charge in [0.05, 0.1) is 5.92 Å². The Balaban J connectivity index is 1.81. The van der Waals surface area contributed by atoms with Gasteiger partial charge in [0, 0.05) is 38.6 Å². The summed E-state index contributed by atoms with van der Waals surface area (Å²) in [5.41, 5.74) is 0. The first-order valence-corrected chi connectivity index (χ1v) is 7.58. The third-order valence-corrected chi connectivity index (χ3v) is 4.27. The number of hydrogen-bond acceptors (Lipinski definition) is 3. The van der Waals surface area contributed by atoms with E-state index in [1.54, 1.807) is 4.90 Å². The summed E-state index contributed by atoms with van der Waals surface area (Å²) in [4.78, 5) is 38.3. The number of nitrogens with one attached hydrogen (secondary N) is 1. The second-order valence-electron chi connectivity index (χ2n) is 5.74. The van der Waals surface area contributed by atoms with Gasteiger partial charge in [-0.25, -0.2) is 4.79 Å². The second-order valence-corrected chi connectivity index (χ2v) is 5.74. The molecule has 7 nitrogen and oxygen atoms in total. The lowest BCUT2D eigenvalue weighted by molar-refractivity contribution is -0.141. The van der Waals surface area contributed by atoms with E-state index in [9.17, 15) is 14.4 Å². The summed E-state index contributed by atoms with van der Waals surface area (Å²) in [5.74, 6) is -1.23. The number of amides is 3. The van der Waals surface area contributed by atoms with Gasteiger partial charge in [-0.3, -0.25) is 9.59 Å². The standard InChI is InChI=1S/C14H23N3O4/c1-2-3-10(13(19)20)8-15-14(21)16-6-7-17-11(9-16)4-5-12(17)18/h10-11H,2-9H2,1H3,(H,15,21)(H,19,20). The summed E-state index contributed by atoms with van der Waals surface area (Å²) in [6.07, 6.45) is 2.70. The van der Waals surface area contributed by atoms with Crippen LogP contribution in [0.1, 0.15) is 32.6 Å². The van der Waals surface area contributed by atoms with Crippen LogP contribution in [0.2, 0.25) is 0 Å². The summed E-state index contributed by atoms with van der Waals surface area (Å²) in [6, 6.07) is -0.0979. The molecular formula is C14H23N3O4. The molecule has 0 aliphatic carbocycles. The van der Waals surface area contributed by atoms with E-state index in [0.29, 0.717) is 32.5 Å². The van der Waals surface area contributed by atoms with Crippen LogP contribution in [0, 0.1) is 5.92 Å². The van der Waals surface area contributed by atoms with Crippen LogP contribution < -0.4 is 5.32 Å². The van der Waals surface area contributed by atoms with Crippen molar-refractivity contribution in [2.24, 2.45) is 5.92 Å². The number of carboxylic acids is 1. The van der Waals surface area contributed by atoms with Crippen molar-refractivity contribution in [2.45, 2.75) is 38.6 Å². The van der Waals surface area contributed by atoms with Gasteiger partial charge in [0.15, 0.2) is 0 Å². The highest BCUT2D eigenvalue weighted by atomic mass is 16.4. The minimum atomic E-state index is -0.872. The number of hydrogen-bond donors (Lipinski definition) is 2. The molecule has 0 aromatic carbocycles. The molecule has 21 heavy (non-hydrogen) atoms. The molecule has 2 saturated heterocycles. The maximum atomic E-state index is 12.1. The number of carbonyl (C=O) groups is 3. The van der Waals surface area contributed by atoms with Crippen LogP contribution in [-0.4, -0.2) is 65.0 Å². The maximum Gasteiger partial charge on any atom is 0.317 e. The fourth-order valence-electron chi connectivity index (χ4n) is 3.03. The summed E-state index contributed by atoms with van der Waals surface area (Å²) in [7, 11) is 0. The number of rotatable bonds is 5. The smallest absolute Gasteiger partial charge is 0.317 e. The monoisotopic (exact) mass is 297 g/mol. The van der Waals surface area contributed by atoms with Crippen molar-refractivity contribution in [3.63, 3.8) is 0 Å². The van der Waals surface area contributed by atoms with Crippen LogP contribution >= 0.6 is 0 Å². The average molecular weight is 297 g/mol.